The molecular formula is C20H44O11. The first kappa shape index (κ1) is 32.7. The van der Waals surface area contributed by atoms with Crippen LogP contribution in [0.2, 0.25) is 0 Å². The van der Waals surface area contributed by atoms with Crippen molar-refractivity contribution in [2.24, 2.45) is 0 Å². The fourth-order valence-electron chi connectivity index (χ4n) is 1.72. The highest BCUT2D eigenvalue weighted by molar-refractivity contribution is 4.36. The molecule has 0 fully saturated rings. The first-order chi connectivity index (χ1) is 15.3. The second-order valence-corrected chi connectivity index (χ2v) is 5.72. The molecular weight excluding hydrogens is 416 g/mol. The maximum Gasteiger partial charge on any atom is 0.0701 e. The Morgan fingerprint density at radius 3 is 0.710 bits per heavy atom. The molecule has 0 aliphatic carbocycles. The van der Waals surface area contributed by atoms with Gasteiger partial charge in [-0.25, -0.2) is 0 Å². The summed E-state index contributed by atoms with van der Waals surface area (Å²) in [6.07, 6.45) is 0. The van der Waals surface area contributed by atoms with Crippen LogP contribution in [0.1, 0.15) is 0 Å². The van der Waals surface area contributed by atoms with E-state index in [-0.39, 0.29) is 13.2 Å². The number of methoxy groups -OCH3 is 2. The van der Waals surface area contributed by atoms with Gasteiger partial charge in [0.25, 0.3) is 0 Å². The Bertz CT molecular complexity index is 260. The first-order valence-corrected chi connectivity index (χ1v) is 10.6. The second kappa shape index (κ2) is 34.2. The summed E-state index contributed by atoms with van der Waals surface area (Å²) in [4.78, 5) is 0. The minimum atomic E-state index is 0.0422. The molecule has 0 aromatic carbocycles. The zero-order valence-corrected chi connectivity index (χ0v) is 19.3. The molecule has 11 nitrogen and oxygen atoms in total. The maximum absolute atomic E-state index is 8.47. The molecule has 190 valence electrons. The van der Waals surface area contributed by atoms with Crippen molar-refractivity contribution in [3.05, 3.63) is 0 Å². The normalized spacial score (nSPS) is 10.8. The third-order valence-electron chi connectivity index (χ3n) is 3.19. The Hall–Kier alpha value is -0.440. The smallest absolute Gasteiger partial charge is 0.0701 e. The van der Waals surface area contributed by atoms with Crippen LogP contribution in [0.15, 0.2) is 0 Å². The van der Waals surface area contributed by atoms with Crippen LogP contribution < -0.4 is 0 Å². The largest absolute Gasteiger partial charge is 0.394 e. The van der Waals surface area contributed by atoms with E-state index in [0.29, 0.717) is 106 Å². The van der Waals surface area contributed by atoms with Crippen LogP contribution in [-0.2, 0) is 42.6 Å². The van der Waals surface area contributed by atoms with Crippen molar-refractivity contribution in [1.29, 1.82) is 0 Å². The number of rotatable bonds is 25. The molecule has 0 radical (unpaired) electrons. The molecule has 0 atom stereocenters. The summed E-state index contributed by atoms with van der Waals surface area (Å²) in [7, 11) is 3.27. The number of ether oxygens (including phenoxy) is 9. The van der Waals surface area contributed by atoms with Gasteiger partial charge in [0, 0.05) is 14.2 Å². The van der Waals surface area contributed by atoms with Gasteiger partial charge in [-0.05, 0) is 0 Å². The molecule has 11 heteroatoms. The van der Waals surface area contributed by atoms with Gasteiger partial charge in [-0.15, -0.1) is 0 Å². The Balaban J connectivity index is 0. The van der Waals surface area contributed by atoms with Gasteiger partial charge >= 0.3 is 0 Å². The van der Waals surface area contributed by atoms with Crippen molar-refractivity contribution in [3.8, 4) is 0 Å². The van der Waals surface area contributed by atoms with Gasteiger partial charge in [0.2, 0.25) is 0 Å². The minimum Gasteiger partial charge on any atom is -0.394 e. The van der Waals surface area contributed by atoms with E-state index in [2.05, 4.69) is 0 Å². The van der Waals surface area contributed by atoms with Crippen LogP contribution in [-0.4, -0.2) is 143 Å². The summed E-state index contributed by atoms with van der Waals surface area (Å²) in [5.74, 6) is 0. The Morgan fingerprint density at radius 2 is 0.516 bits per heavy atom. The molecule has 0 spiro atoms. The van der Waals surface area contributed by atoms with Gasteiger partial charge in [0.05, 0.1) is 119 Å². The Kier molecular flexibility index (Phi) is 36.1. The average Bonchev–Trinajstić information content (AvgIpc) is 2.79. The summed E-state index contributed by atoms with van der Waals surface area (Å²) < 4.78 is 45.8. The van der Waals surface area contributed by atoms with E-state index in [1.807, 2.05) is 0 Å². The van der Waals surface area contributed by atoms with Crippen LogP contribution in [0.3, 0.4) is 0 Å². The molecule has 2 N–H and O–H groups in total. The van der Waals surface area contributed by atoms with Crippen molar-refractivity contribution in [2.75, 3.05) is 133 Å². The average molecular weight is 461 g/mol. The molecule has 0 aliphatic heterocycles. The van der Waals surface area contributed by atoms with Gasteiger partial charge < -0.3 is 52.8 Å². The summed E-state index contributed by atoms with van der Waals surface area (Å²) >= 11 is 0. The lowest BCUT2D eigenvalue weighted by Gasteiger charge is -2.07. The highest BCUT2D eigenvalue weighted by atomic mass is 16.6. The van der Waals surface area contributed by atoms with Crippen LogP contribution >= 0.6 is 0 Å². The van der Waals surface area contributed by atoms with Crippen molar-refractivity contribution in [1.82, 2.24) is 0 Å². The lowest BCUT2D eigenvalue weighted by molar-refractivity contribution is -0.0163. The lowest BCUT2D eigenvalue weighted by Crippen LogP contribution is -2.14. The van der Waals surface area contributed by atoms with Gasteiger partial charge in [-0.2, -0.15) is 0 Å². The van der Waals surface area contributed by atoms with Gasteiger partial charge in [0.1, 0.15) is 0 Å². The van der Waals surface area contributed by atoms with Crippen molar-refractivity contribution >= 4 is 0 Å². The molecule has 0 bridgehead atoms. The quantitative estimate of drug-likeness (QED) is 0.169. The lowest BCUT2D eigenvalue weighted by atomic mass is 10.7. The number of hydrogen-bond acceptors (Lipinski definition) is 11. The zero-order chi connectivity index (χ0) is 23.1. The molecule has 0 aliphatic rings. The molecule has 0 aromatic rings. The van der Waals surface area contributed by atoms with Crippen LogP contribution in [0.4, 0.5) is 0 Å². The maximum atomic E-state index is 8.47. The molecule has 0 saturated carbocycles. The van der Waals surface area contributed by atoms with E-state index in [1.165, 1.54) is 0 Å². The summed E-state index contributed by atoms with van der Waals surface area (Å²) in [6, 6.07) is 0. The van der Waals surface area contributed by atoms with Crippen molar-refractivity contribution in [2.45, 2.75) is 0 Å². The molecule has 31 heavy (non-hydrogen) atoms. The highest BCUT2D eigenvalue weighted by Gasteiger charge is 1.93. The molecule has 0 rings (SSSR count). The summed E-state index contributed by atoms with van der Waals surface area (Å²) in [5, 5.41) is 16.8. The fraction of sp³-hybridized carbons (Fsp3) is 1.00. The van der Waals surface area contributed by atoms with Crippen molar-refractivity contribution in [3.63, 3.8) is 0 Å². The monoisotopic (exact) mass is 460 g/mol. The molecule has 0 saturated heterocycles. The summed E-state index contributed by atoms with van der Waals surface area (Å²) in [6.45, 7) is 8.64. The molecule has 0 amide bonds. The Labute approximate surface area is 186 Å². The van der Waals surface area contributed by atoms with E-state index in [1.54, 1.807) is 14.2 Å². The first-order valence-electron chi connectivity index (χ1n) is 10.6. The van der Waals surface area contributed by atoms with Gasteiger partial charge in [-0.1, -0.05) is 0 Å². The SMILES string of the molecule is COCCOCCOCCO.COCCOCCOCCOCCOCCOCCO. The second-order valence-electron chi connectivity index (χ2n) is 5.72. The third kappa shape index (κ3) is 37.2. The molecule has 0 heterocycles. The Morgan fingerprint density at radius 1 is 0.323 bits per heavy atom. The van der Waals surface area contributed by atoms with Crippen LogP contribution in [0.5, 0.6) is 0 Å². The number of aliphatic hydroxyl groups is 2. The van der Waals surface area contributed by atoms with Crippen LogP contribution in [0.25, 0.3) is 0 Å². The fourth-order valence-corrected chi connectivity index (χ4v) is 1.72. The van der Waals surface area contributed by atoms with E-state index in [4.69, 9.17) is 52.8 Å². The van der Waals surface area contributed by atoms with Crippen molar-refractivity contribution < 1.29 is 52.8 Å². The highest BCUT2D eigenvalue weighted by Crippen LogP contribution is 1.84. The molecule has 0 aromatic heterocycles. The van der Waals surface area contributed by atoms with Gasteiger partial charge in [-0.3, -0.25) is 0 Å². The van der Waals surface area contributed by atoms with Crippen LogP contribution in [0, 0.1) is 0 Å². The number of aliphatic hydroxyl groups excluding tert-OH is 2. The molecule has 0 unspecified atom stereocenters. The minimum absolute atomic E-state index is 0.0422. The zero-order valence-electron chi connectivity index (χ0n) is 19.3. The van der Waals surface area contributed by atoms with E-state index in [9.17, 15) is 0 Å². The van der Waals surface area contributed by atoms with Gasteiger partial charge in [0.15, 0.2) is 0 Å². The topological polar surface area (TPSA) is 124 Å². The number of hydrogen-bond donors (Lipinski definition) is 2. The third-order valence-corrected chi connectivity index (χ3v) is 3.19. The standard InChI is InChI=1S/C13H28O7.C7H16O4/c1-15-4-5-17-8-9-19-12-13-20-11-10-18-7-6-16-3-2-14;1-9-4-5-11-7-6-10-3-2-8/h14H,2-13H2,1H3;8H,2-7H2,1H3. The van der Waals surface area contributed by atoms with E-state index >= 15 is 0 Å². The van der Waals surface area contributed by atoms with E-state index < -0.39 is 0 Å². The van der Waals surface area contributed by atoms with E-state index in [0.717, 1.165) is 0 Å². The predicted octanol–water partition coefficient (Wildman–Crippen LogP) is -0.634. The predicted molar refractivity (Wildman–Crippen MR) is 114 cm³/mol. The summed E-state index contributed by atoms with van der Waals surface area (Å²) in [5.41, 5.74) is 0.